The van der Waals surface area contributed by atoms with Crippen LogP contribution in [0.15, 0.2) is 22.6 Å². The third kappa shape index (κ3) is 1.96. The van der Waals surface area contributed by atoms with Crippen molar-refractivity contribution in [3.05, 3.63) is 24.0 Å². The average Bonchev–Trinajstić information content (AvgIpc) is 3.05. The van der Waals surface area contributed by atoms with Crippen LogP contribution >= 0.6 is 0 Å². The molecule has 1 aromatic carbocycles. The molecule has 1 aromatic heterocycles. The lowest BCUT2D eigenvalue weighted by atomic mass is 10.0. The molecule has 0 N–H and O–H groups in total. The van der Waals surface area contributed by atoms with E-state index in [-0.39, 0.29) is 11.4 Å². The molecule has 0 bridgehead atoms. The number of nitrogens with zero attached hydrogens (tertiary/aromatic N) is 2. The molecule has 1 atom stereocenters. The number of fused-ring (bicyclic) bond motifs is 1. The number of benzene rings is 1. The van der Waals surface area contributed by atoms with Gasteiger partial charge in [0, 0.05) is 25.6 Å². The molecule has 6 heteroatoms. The molecule has 0 amide bonds. The fourth-order valence-electron chi connectivity index (χ4n) is 2.86. The summed E-state index contributed by atoms with van der Waals surface area (Å²) in [7, 11) is 0. The van der Waals surface area contributed by atoms with Gasteiger partial charge in [-0.3, -0.25) is 0 Å². The summed E-state index contributed by atoms with van der Waals surface area (Å²) in [5, 5.41) is 0. The van der Waals surface area contributed by atoms with Crippen LogP contribution < -0.4 is 4.90 Å². The quantitative estimate of drug-likeness (QED) is 0.798. The van der Waals surface area contributed by atoms with Gasteiger partial charge in [0.2, 0.25) is 0 Å². The third-order valence-electron chi connectivity index (χ3n) is 3.92. The molecule has 1 unspecified atom stereocenters. The van der Waals surface area contributed by atoms with Crippen LogP contribution in [-0.4, -0.2) is 43.5 Å². The van der Waals surface area contributed by atoms with Gasteiger partial charge in [-0.1, -0.05) is 0 Å². The highest BCUT2D eigenvalue weighted by Crippen LogP contribution is 2.31. The maximum absolute atomic E-state index is 13.2. The van der Waals surface area contributed by atoms with Gasteiger partial charge in [0.1, 0.15) is 16.9 Å². The van der Waals surface area contributed by atoms with E-state index in [2.05, 4.69) is 9.88 Å². The molecule has 4 rings (SSSR count). The van der Waals surface area contributed by atoms with Crippen LogP contribution in [-0.2, 0) is 9.47 Å². The Labute approximate surface area is 115 Å². The lowest BCUT2D eigenvalue weighted by Gasteiger charge is -2.38. The van der Waals surface area contributed by atoms with Crippen molar-refractivity contribution in [1.82, 2.24) is 4.98 Å². The molecule has 0 radical (unpaired) electrons. The van der Waals surface area contributed by atoms with E-state index in [0.717, 1.165) is 19.6 Å². The summed E-state index contributed by atoms with van der Waals surface area (Å²) in [4.78, 5) is 6.43. The Hall–Kier alpha value is -1.66. The van der Waals surface area contributed by atoms with Crippen molar-refractivity contribution in [1.29, 1.82) is 0 Å². The maximum atomic E-state index is 13.2. The molecule has 2 aliphatic heterocycles. The molecule has 2 aromatic rings. The van der Waals surface area contributed by atoms with E-state index < -0.39 is 0 Å². The zero-order valence-corrected chi connectivity index (χ0v) is 11.0. The second-order valence-corrected chi connectivity index (χ2v) is 5.36. The fraction of sp³-hybridized carbons (Fsp3) is 0.500. The van der Waals surface area contributed by atoms with Crippen molar-refractivity contribution in [2.45, 2.75) is 12.0 Å². The molecule has 2 fully saturated rings. The van der Waals surface area contributed by atoms with Crippen molar-refractivity contribution in [3.63, 3.8) is 0 Å². The van der Waals surface area contributed by atoms with Gasteiger partial charge >= 0.3 is 0 Å². The fourth-order valence-corrected chi connectivity index (χ4v) is 2.86. The van der Waals surface area contributed by atoms with E-state index in [1.165, 1.54) is 12.1 Å². The van der Waals surface area contributed by atoms with Gasteiger partial charge in [0.25, 0.3) is 6.01 Å². The van der Waals surface area contributed by atoms with Gasteiger partial charge in [-0.05, 0) is 12.1 Å². The first-order valence-electron chi connectivity index (χ1n) is 6.77. The van der Waals surface area contributed by atoms with E-state index >= 15 is 0 Å². The van der Waals surface area contributed by atoms with Crippen molar-refractivity contribution in [2.24, 2.45) is 0 Å². The number of anilines is 1. The number of morpholine rings is 1. The summed E-state index contributed by atoms with van der Waals surface area (Å²) in [5.74, 6) is -0.306. The second kappa shape index (κ2) is 4.43. The summed E-state index contributed by atoms with van der Waals surface area (Å²) in [5.41, 5.74) is 0.900. The van der Waals surface area contributed by atoms with Crippen molar-refractivity contribution < 1.29 is 18.3 Å². The SMILES string of the molecule is Fc1ccc2oc(N3CCOC4(CCOC4)C3)nc2c1. The molecule has 5 nitrogen and oxygen atoms in total. The number of halogens is 1. The summed E-state index contributed by atoms with van der Waals surface area (Å²) in [6, 6.07) is 4.90. The predicted octanol–water partition coefficient (Wildman–Crippen LogP) is 1.96. The molecule has 2 saturated heterocycles. The van der Waals surface area contributed by atoms with Gasteiger partial charge in [-0.2, -0.15) is 4.98 Å². The zero-order chi connectivity index (χ0) is 13.6. The highest BCUT2D eigenvalue weighted by Gasteiger charge is 2.41. The minimum atomic E-state index is -0.306. The van der Waals surface area contributed by atoms with Crippen LogP contribution in [0, 0.1) is 5.82 Å². The summed E-state index contributed by atoms with van der Waals surface area (Å²) in [6.07, 6.45) is 0.887. The molecule has 106 valence electrons. The predicted molar refractivity (Wildman–Crippen MR) is 70.3 cm³/mol. The Morgan fingerprint density at radius 2 is 2.25 bits per heavy atom. The largest absolute Gasteiger partial charge is 0.423 e. The highest BCUT2D eigenvalue weighted by atomic mass is 19.1. The Bertz CT molecular complexity index is 636. The van der Waals surface area contributed by atoms with E-state index in [9.17, 15) is 4.39 Å². The maximum Gasteiger partial charge on any atom is 0.298 e. The first-order valence-corrected chi connectivity index (χ1v) is 6.77. The Balaban J connectivity index is 1.64. The molecule has 20 heavy (non-hydrogen) atoms. The van der Waals surface area contributed by atoms with Crippen LogP contribution in [0.25, 0.3) is 11.1 Å². The van der Waals surface area contributed by atoms with Gasteiger partial charge in [0.15, 0.2) is 5.58 Å². The molecule has 1 spiro atoms. The normalized spacial score (nSPS) is 26.8. The second-order valence-electron chi connectivity index (χ2n) is 5.36. The first kappa shape index (κ1) is 12.1. The summed E-state index contributed by atoms with van der Waals surface area (Å²) in [6.45, 7) is 3.38. The number of hydrogen-bond donors (Lipinski definition) is 0. The van der Waals surface area contributed by atoms with Crippen LogP contribution in [0.2, 0.25) is 0 Å². The summed E-state index contributed by atoms with van der Waals surface area (Å²) < 4.78 is 30.2. The van der Waals surface area contributed by atoms with E-state index in [4.69, 9.17) is 13.9 Å². The van der Waals surface area contributed by atoms with Gasteiger partial charge < -0.3 is 18.8 Å². The van der Waals surface area contributed by atoms with Crippen molar-refractivity contribution >= 4 is 17.1 Å². The Morgan fingerprint density at radius 1 is 1.30 bits per heavy atom. The number of oxazole rings is 1. The Kier molecular flexibility index (Phi) is 2.68. The minimum absolute atomic E-state index is 0.246. The molecule has 2 aliphatic rings. The van der Waals surface area contributed by atoms with E-state index in [1.54, 1.807) is 6.07 Å². The van der Waals surface area contributed by atoms with Crippen LogP contribution in [0.3, 0.4) is 0 Å². The van der Waals surface area contributed by atoms with Gasteiger partial charge in [-0.15, -0.1) is 0 Å². The number of rotatable bonds is 1. The molecule has 0 aliphatic carbocycles. The molecule has 3 heterocycles. The van der Waals surface area contributed by atoms with Gasteiger partial charge in [-0.25, -0.2) is 4.39 Å². The molecular formula is C14H15FN2O3. The van der Waals surface area contributed by atoms with Crippen LogP contribution in [0.4, 0.5) is 10.4 Å². The van der Waals surface area contributed by atoms with Gasteiger partial charge in [0.05, 0.1) is 19.8 Å². The lowest BCUT2D eigenvalue weighted by Crippen LogP contribution is -2.52. The van der Waals surface area contributed by atoms with Crippen LogP contribution in [0.1, 0.15) is 6.42 Å². The third-order valence-corrected chi connectivity index (χ3v) is 3.92. The van der Waals surface area contributed by atoms with E-state index in [1.807, 2.05) is 0 Å². The average molecular weight is 278 g/mol. The Morgan fingerprint density at radius 3 is 3.10 bits per heavy atom. The highest BCUT2D eigenvalue weighted by molar-refractivity contribution is 5.74. The molecular weight excluding hydrogens is 263 g/mol. The topological polar surface area (TPSA) is 47.7 Å². The number of ether oxygens (including phenoxy) is 2. The van der Waals surface area contributed by atoms with Crippen molar-refractivity contribution in [2.75, 3.05) is 37.8 Å². The summed E-state index contributed by atoms with van der Waals surface area (Å²) >= 11 is 0. The lowest BCUT2D eigenvalue weighted by molar-refractivity contribution is -0.0589. The molecule has 0 saturated carbocycles. The minimum Gasteiger partial charge on any atom is -0.423 e. The number of hydrogen-bond acceptors (Lipinski definition) is 5. The van der Waals surface area contributed by atoms with E-state index in [0.29, 0.717) is 36.9 Å². The number of aromatic nitrogens is 1. The smallest absolute Gasteiger partial charge is 0.298 e. The monoisotopic (exact) mass is 278 g/mol. The zero-order valence-electron chi connectivity index (χ0n) is 11.0. The standard InChI is InChI=1S/C14H15FN2O3/c15-10-1-2-12-11(7-10)16-13(20-12)17-4-6-19-14(8-17)3-5-18-9-14/h1-2,7H,3-6,8-9H2. The first-order chi connectivity index (χ1) is 9.74. The van der Waals surface area contributed by atoms with Crippen molar-refractivity contribution in [3.8, 4) is 0 Å². The van der Waals surface area contributed by atoms with Crippen LogP contribution in [0.5, 0.6) is 0 Å².